The van der Waals surface area contributed by atoms with Gasteiger partial charge in [0.25, 0.3) is 0 Å². The second-order valence-electron chi connectivity index (χ2n) is 4.85. The first-order valence-electron chi connectivity index (χ1n) is 6.75. The summed E-state index contributed by atoms with van der Waals surface area (Å²) in [6.45, 7) is 0. The van der Waals surface area contributed by atoms with Crippen LogP contribution >= 0.6 is 11.6 Å². The van der Waals surface area contributed by atoms with Crippen molar-refractivity contribution in [1.29, 1.82) is 0 Å². The molecule has 1 N–H and O–H groups in total. The van der Waals surface area contributed by atoms with E-state index >= 15 is 0 Å². The van der Waals surface area contributed by atoms with Gasteiger partial charge in [-0.15, -0.1) is 0 Å². The zero-order valence-electron chi connectivity index (χ0n) is 11.6. The minimum atomic E-state index is -0.904. The summed E-state index contributed by atoms with van der Waals surface area (Å²) in [4.78, 5) is 11.1. The Morgan fingerprint density at radius 1 is 1.09 bits per heavy atom. The molecule has 3 rings (SSSR count). The Balaban J connectivity index is 2.08. The van der Waals surface area contributed by atoms with Crippen LogP contribution in [0.3, 0.4) is 0 Å². The second-order valence-corrected chi connectivity index (χ2v) is 5.28. The van der Waals surface area contributed by atoms with Crippen LogP contribution in [0.2, 0.25) is 5.02 Å². The van der Waals surface area contributed by atoms with Crippen LogP contribution < -0.4 is 0 Å². The highest BCUT2D eigenvalue weighted by Gasteiger charge is 2.14. The Morgan fingerprint density at radius 3 is 2.41 bits per heavy atom. The Labute approximate surface area is 132 Å². The van der Waals surface area contributed by atoms with Crippen LogP contribution in [0, 0.1) is 0 Å². The molecule has 5 heteroatoms. The van der Waals surface area contributed by atoms with E-state index in [1.54, 1.807) is 16.8 Å². The minimum Gasteiger partial charge on any atom is -0.481 e. The molecule has 0 bridgehead atoms. The number of hydrogen-bond donors (Lipinski definition) is 1. The molecule has 0 aliphatic rings. The van der Waals surface area contributed by atoms with Gasteiger partial charge in [0, 0.05) is 16.8 Å². The molecule has 3 aromatic rings. The van der Waals surface area contributed by atoms with E-state index in [0.29, 0.717) is 10.7 Å². The van der Waals surface area contributed by atoms with E-state index in [4.69, 9.17) is 16.7 Å². The summed E-state index contributed by atoms with van der Waals surface area (Å²) in [5.41, 5.74) is 3.13. The summed E-state index contributed by atoms with van der Waals surface area (Å²) in [5, 5.41) is 14.2. The number of rotatable bonds is 4. The molecular formula is C17H13ClN2O2. The molecule has 0 radical (unpaired) electrons. The van der Waals surface area contributed by atoms with Crippen molar-refractivity contribution >= 4 is 17.6 Å². The highest BCUT2D eigenvalue weighted by molar-refractivity contribution is 6.30. The number of hydrogen-bond acceptors (Lipinski definition) is 2. The largest absolute Gasteiger partial charge is 0.481 e. The Bertz CT molecular complexity index is 795. The minimum absolute atomic E-state index is 0.120. The third-order valence-electron chi connectivity index (χ3n) is 3.29. The summed E-state index contributed by atoms with van der Waals surface area (Å²) in [6, 6.07) is 16.9. The fourth-order valence-corrected chi connectivity index (χ4v) is 2.39. The molecule has 0 fully saturated rings. The van der Waals surface area contributed by atoms with Crippen LogP contribution in [0.25, 0.3) is 16.8 Å². The predicted molar refractivity (Wildman–Crippen MR) is 85.3 cm³/mol. The number of halogens is 1. The van der Waals surface area contributed by atoms with Crippen molar-refractivity contribution in [2.45, 2.75) is 6.42 Å². The maximum Gasteiger partial charge on any atom is 0.309 e. The van der Waals surface area contributed by atoms with Crippen molar-refractivity contribution in [3.05, 3.63) is 71.5 Å². The third kappa shape index (κ3) is 3.02. The molecule has 0 aliphatic carbocycles. The monoisotopic (exact) mass is 312 g/mol. The van der Waals surface area contributed by atoms with Crippen molar-refractivity contribution in [3.8, 4) is 16.8 Å². The van der Waals surface area contributed by atoms with E-state index in [1.165, 1.54) is 0 Å². The maximum absolute atomic E-state index is 11.1. The molecular weight excluding hydrogens is 300 g/mol. The summed E-state index contributed by atoms with van der Waals surface area (Å²) in [6.07, 6.45) is 1.72. The van der Waals surface area contributed by atoms with E-state index < -0.39 is 5.97 Å². The fourth-order valence-electron chi connectivity index (χ4n) is 2.27. The first kappa shape index (κ1) is 14.4. The third-order valence-corrected chi connectivity index (χ3v) is 3.54. The first-order chi connectivity index (χ1) is 10.6. The van der Waals surface area contributed by atoms with Gasteiger partial charge in [0.1, 0.15) is 0 Å². The molecule has 0 unspecified atom stereocenters. The number of nitrogens with zero attached hydrogens (tertiary/aromatic N) is 2. The number of aliphatic carboxylic acids is 1. The molecule has 0 saturated carbocycles. The van der Waals surface area contributed by atoms with Crippen LogP contribution in [0.15, 0.2) is 60.8 Å². The summed E-state index contributed by atoms with van der Waals surface area (Å²) < 4.78 is 1.68. The van der Waals surface area contributed by atoms with Gasteiger partial charge in [-0.25, -0.2) is 4.68 Å². The number of carbonyl (C=O) groups is 1. The van der Waals surface area contributed by atoms with Crippen molar-refractivity contribution in [2.75, 3.05) is 0 Å². The normalized spacial score (nSPS) is 10.6. The Kier molecular flexibility index (Phi) is 3.94. The number of aromatic nitrogens is 2. The van der Waals surface area contributed by atoms with E-state index in [-0.39, 0.29) is 6.42 Å². The average Bonchev–Trinajstić information content (AvgIpc) is 2.92. The highest BCUT2D eigenvalue weighted by atomic mass is 35.5. The molecule has 0 saturated heterocycles. The zero-order chi connectivity index (χ0) is 15.5. The maximum atomic E-state index is 11.1. The lowest BCUT2D eigenvalue weighted by Crippen LogP contribution is -2.03. The van der Waals surface area contributed by atoms with Crippen LogP contribution in [0.4, 0.5) is 0 Å². The van der Waals surface area contributed by atoms with Gasteiger partial charge in [0.15, 0.2) is 0 Å². The lowest BCUT2D eigenvalue weighted by Gasteiger charge is -2.00. The molecule has 1 aromatic heterocycles. The van der Waals surface area contributed by atoms with Crippen LogP contribution in [0.5, 0.6) is 0 Å². The molecule has 0 atom stereocenters. The van der Waals surface area contributed by atoms with Gasteiger partial charge < -0.3 is 5.11 Å². The molecule has 22 heavy (non-hydrogen) atoms. The van der Waals surface area contributed by atoms with Gasteiger partial charge in [0.2, 0.25) is 0 Å². The molecule has 4 nitrogen and oxygen atoms in total. The molecule has 1 heterocycles. The molecule has 2 aromatic carbocycles. The zero-order valence-corrected chi connectivity index (χ0v) is 12.4. The lowest BCUT2D eigenvalue weighted by atomic mass is 10.1. The fraction of sp³-hybridized carbons (Fsp3) is 0.0588. The Morgan fingerprint density at radius 2 is 1.77 bits per heavy atom. The predicted octanol–water partition coefficient (Wildman–Crippen LogP) is 3.82. The van der Waals surface area contributed by atoms with Gasteiger partial charge in [0.05, 0.1) is 17.8 Å². The Hall–Kier alpha value is -2.59. The van der Waals surface area contributed by atoms with E-state index in [0.717, 1.165) is 16.8 Å². The van der Waals surface area contributed by atoms with Gasteiger partial charge in [-0.05, 0) is 29.8 Å². The topological polar surface area (TPSA) is 55.1 Å². The van der Waals surface area contributed by atoms with Gasteiger partial charge in [-0.2, -0.15) is 5.10 Å². The van der Waals surface area contributed by atoms with Crippen LogP contribution in [0.1, 0.15) is 5.69 Å². The quantitative estimate of drug-likeness (QED) is 0.796. The molecule has 0 amide bonds. The standard InChI is InChI=1S/C17H13ClN2O2/c18-13-6-8-14(9-7-13)20-11-15(12-4-2-1-3-5-12)16(19-20)10-17(21)22/h1-9,11H,10H2,(H,21,22). The molecule has 0 spiro atoms. The average molecular weight is 313 g/mol. The number of carboxylic acid groups (broad SMARTS) is 1. The van der Waals surface area contributed by atoms with E-state index in [1.807, 2.05) is 48.7 Å². The van der Waals surface area contributed by atoms with Gasteiger partial charge in [-0.3, -0.25) is 4.79 Å². The van der Waals surface area contributed by atoms with Crippen molar-refractivity contribution in [3.63, 3.8) is 0 Å². The van der Waals surface area contributed by atoms with Gasteiger partial charge >= 0.3 is 5.97 Å². The first-order valence-corrected chi connectivity index (χ1v) is 7.13. The molecule has 110 valence electrons. The highest BCUT2D eigenvalue weighted by Crippen LogP contribution is 2.25. The van der Waals surface area contributed by atoms with Gasteiger partial charge in [-0.1, -0.05) is 41.9 Å². The van der Waals surface area contributed by atoms with Crippen LogP contribution in [-0.2, 0) is 11.2 Å². The van der Waals surface area contributed by atoms with Crippen molar-refractivity contribution in [2.24, 2.45) is 0 Å². The summed E-state index contributed by atoms with van der Waals surface area (Å²) in [5.74, 6) is -0.904. The summed E-state index contributed by atoms with van der Waals surface area (Å²) >= 11 is 5.89. The lowest BCUT2D eigenvalue weighted by molar-refractivity contribution is -0.136. The molecule has 0 aliphatic heterocycles. The van der Waals surface area contributed by atoms with Crippen LogP contribution in [-0.4, -0.2) is 20.9 Å². The van der Waals surface area contributed by atoms with Crippen molar-refractivity contribution in [1.82, 2.24) is 9.78 Å². The number of benzene rings is 2. The number of carboxylic acids is 1. The van der Waals surface area contributed by atoms with E-state index in [2.05, 4.69) is 5.10 Å². The van der Waals surface area contributed by atoms with E-state index in [9.17, 15) is 4.79 Å². The smallest absolute Gasteiger partial charge is 0.309 e. The SMILES string of the molecule is O=C(O)Cc1nn(-c2ccc(Cl)cc2)cc1-c1ccccc1. The second kappa shape index (κ2) is 6.03. The summed E-state index contributed by atoms with van der Waals surface area (Å²) in [7, 11) is 0. The van der Waals surface area contributed by atoms with Crippen molar-refractivity contribution < 1.29 is 9.90 Å².